The van der Waals surface area contributed by atoms with E-state index in [1.54, 1.807) is 0 Å². The number of hydrogen-bond acceptors (Lipinski definition) is 2. The molecule has 0 aliphatic carbocycles. The van der Waals surface area contributed by atoms with Crippen molar-refractivity contribution in [2.75, 3.05) is 0 Å². The Morgan fingerprint density at radius 1 is 0.375 bits per heavy atom. The van der Waals surface area contributed by atoms with Crippen molar-refractivity contribution in [2.45, 2.75) is 41.5 Å². The van der Waals surface area contributed by atoms with Gasteiger partial charge in [0.15, 0.2) is 14.3 Å². The second-order valence-electron chi connectivity index (χ2n) is 10.2. The number of ether oxygens (including phenoxy) is 2. The fourth-order valence-electron chi connectivity index (χ4n) is 4.82. The highest BCUT2D eigenvalue weighted by Gasteiger charge is 2.22. The summed E-state index contributed by atoms with van der Waals surface area (Å²) < 4.78 is 18.0. The lowest BCUT2D eigenvalue weighted by atomic mass is 10.1. The van der Waals surface area contributed by atoms with Gasteiger partial charge in [-0.15, -0.1) is 0 Å². The van der Waals surface area contributed by atoms with E-state index in [1.807, 2.05) is 24.3 Å². The van der Waals surface area contributed by atoms with E-state index in [0.717, 1.165) is 23.0 Å². The van der Waals surface area contributed by atoms with Crippen molar-refractivity contribution in [2.24, 2.45) is 0 Å². The highest BCUT2D eigenvalue weighted by atomic mass is 127. The minimum absolute atomic E-state index is 0.221. The second kappa shape index (κ2) is 12.8. The predicted octanol–water partition coefficient (Wildman–Crippen LogP) is 3.38. The topological polar surface area (TPSA) is 18.5 Å². The minimum atomic E-state index is -0.221. The van der Waals surface area contributed by atoms with Gasteiger partial charge in [0, 0.05) is 22.3 Å². The van der Waals surface area contributed by atoms with E-state index < -0.39 is 0 Å². The maximum absolute atomic E-state index is 6.11. The zero-order valence-corrected chi connectivity index (χ0v) is 28.1. The molecule has 0 saturated carbocycles. The first kappa shape index (κ1) is 28.7. The molecule has 5 aromatic carbocycles. The Kier molecular flexibility index (Phi) is 9.16. The fourth-order valence-corrected chi connectivity index (χ4v) is 9.83. The summed E-state index contributed by atoms with van der Waals surface area (Å²) in [6.45, 7) is 13.2. The van der Waals surface area contributed by atoms with Crippen LogP contribution in [0.3, 0.4) is 0 Å². The predicted molar refractivity (Wildman–Crippen MR) is 156 cm³/mol. The highest BCUT2D eigenvalue weighted by Crippen LogP contribution is 2.26. The van der Waals surface area contributed by atoms with Crippen molar-refractivity contribution in [3.8, 4) is 23.0 Å². The molecule has 0 spiro atoms. The van der Waals surface area contributed by atoms with Crippen LogP contribution in [0.25, 0.3) is 0 Å². The van der Waals surface area contributed by atoms with E-state index in [4.69, 9.17) is 9.47 Å². The summed E-state index contributed by atoms with van der Waals surface area (Å²) in [4.78, 5) is 0. The summed E-state index contributed by atoms with van der Waals surface area (Å²) in [5.74, 6) is 3.28. The molecule has 0 atom stereocenters. The molecular formula is C36H34I2O2+2. The van der Waals surface area contributed by atoms with E-state index in [9.17, 15) is 0 Å². The Balaban J connectivity index is 1.17. The van der Waals surface area contributed by atoms with Crippen LogP contribution in [0.1, 0.15) is 33.4 Å². The standard InChI is InChI=1S/C36H34I2O2/c1-23-19-25(3)35(26(4)20-23)37-29-7-11-31(12-8-29)39-33-15-17-34(18-16-33)40-32-13-9-30(10-14-32)38-36-27(5)21-24(2)22-28(36)6/h7-22H,1-6H3/q+2. The van der Waals surface area contributed by atoms with Gasteiger partial charge in [-0.05, 0) is 114 Å². The lowest BCUT2D eigenvalue weighted by molar-refractivity contribution is -0.599. The first-order valence-electron chi connectivity index (χ1n) is 13.3. The van der Waals surface area contributed by atoms with Crippen LogP contribution >= 0.6 is 0 Å². The van der Waals surface area contributed by atoms with Crippen molar-refractivity contribution in [3.05, 3.63) is 145 Å². The lowest BCUT2D eigenvalue weighted by Gasteiger charge is -2.08. The number of rotatable bonds is 8. The maximum atomic E-state index is 6.11. The molecule has 5 rings (SSSR count). The molecule has 0 saturated heterocycles. The van der Waals surface area contributed by atoms with E-state index in [-0.39, 0.29) is 42.4 Å². The van der Waals surface area contributed by atoms with Gasteiger partial charge in [-0.25, -0.2) is 0 Å². The van der Waals surface area contributed by atoms with E-state index >= 15 is 0 Å². The van der Waals surface area contributed by atoms with Gasteiger partial charge in [-0.1, -0.05) is 35.4 Å². The Labute approximate surface area is 259 Å². The Bertz CT molecular complexity index is 1450. The van der Waals surface area contributed by atoms with Crippen LogP contribution in [-0.4, -0.2) is 0 Å². The van der Waals surface area contributed by atoms with Crippen LogP contribution in [0, 0.1) is 55.8 Å². The highest BCUT2D eigenvalue weighted by molar-refractivity contribution is 5.38. The largest absolute Gasteiger partial charge is 0.457 e. The van der Waals surface area contributed by atoms with Crippen molar-refractivity contribution in [1.29, 1.82) is 0 Å². The Morgan fingerprint density at radius 3 is 0.900 bits per heavy atom. The van der Waals surface area contributed by atoms with E-state index in [0.29, 0.717) is 0 Å². The van der Waals surface area contributed by atoms with Crippen LogP contribution in [0.2, 0.25) is 0 Å². The van der Waals surface area contributed by atoms with Crippen LogP contribution in [0.5, 0.6) is 23.0 Å². The van der Waals surface area contributed by atoms with Crippen LogP contribution < -0.4 is 51.9 Å². The molecule has 40 heavy (non-hydrogen) atoms. The number of hydrogen-bond donors (Lipinski definition) is 0. The van der Waals surface area contributed by atoms with Crippen LogP contribution in [0.4, 0.5) is 0 Å². The molecule has 202 valence electrons. The summed E-state index contributed by atoms with van der Waals surface area (Å²) in [7, 11) is 0. The van der Waals surface area contributed by atoms with Crippen LogP contribution in [-0.2, 0) is 0 Å². The molecule has 0 radical (unpaired) electrons. The normalized spacial score (nSPS) is 10.9. The first-order chi connectivity index (χ1) is 19.2. The first-order valence-corrected chi connectivity index (χ1v) is 17.7. The lowest BCUT2D eigenvalue weighted by Crippen LogP contribution is -3.62. The summed E-state index contributed by atoms with van der Waals surface area (Å²) in [5.41, 5.74) is 8.27. The smallest absolute Gasteiger partial charge is 0.358 e. The van der Waals surface area contributed by atoms with Gasteiger partial charge in [0.05, 0.1) is 0 Å². The number of halogens is 2. The molecule has 0 aromatic heterocycles. The minimum Gasteiger partial charge on any atom is -0.457 e. The molecule has 0 aliphatic rings. The van der Waals surface area contributed by atoms with E-state index in [2.05, 4.69) is 114 Å². The average molecular weight is 752 g/mol. The molecule has 0 bridgehead atoms. The quantitative estimate of drug-likeness (QED) is 0.227. The fraction of sp³-hybridized carbons (Fsp3) is 0.167. The number of benzene rings is 5. The van der Waals surface area contributed by atoms with Crippen molar-refractivity contribution < 1.29 is 51.9 Å². The molecule has 0 N–H and O–H groups in total. The average Bonchev–Trinajstić information content (AvgIpc) is 2.91. The molecule has 4 heteroatoms. The van der Waals surface area contributed by atoms with Gasteiger partial charge in [0.25, 0.3) is 0 Å². The van der Waals surface area contributed by atoms with Crippen molar-refractivity contribution in [3.63, 3.8) is 0 Å². The Morgan fingerprint density at radius 2 is 0.625 bits per heavy atom. The summed E-state index contributed by atoms with van der Waals surface area (Å²) in [6, 6.07) is 34.1. The molecule has 0 aliphatic heterocycles. The zero-order valence-electron chi connectivity index (χ0n) is 23.8. The Hall–Kier alpha value is -2.84. The van der Waals surface area contributed by atoms with Gasteiger partial charge >= 0.3 is 42.4 Å². The maximum Gasteiger partial charge on any atom is 0.358 e. The molecule has 0 unspecified atom stereocenters. The molecule has 5 aromatic rings. The van der Waals surface area contributed by atoms with Gasteiger partial charge in [-0.2, -0.15) is 0 Å². The summed E-state index contributed by atoms with van der Waals surface area (Å²) in [5, 5.41) is 0. The van der Waals surface area contributed by atoms with Crippen LogP contribution in [0.15, 0.2) is 97.1 Å². The molecule has 0 heterocycles. The van der Waals surface area contributed by atoms with E-state index in [1.165, 1.54) is 47.7 Å². The monoisotopic (exact) mass is 752 g/mol. The number of aryl methyl sites for hydroxylation is 6. The second-order valence-corrected chi connectivity index (χ2v) is 15.9. The van der Waals surface area contributed by atoms with Gasteiger partial charge in [-0.3, -0.25) is 0 Å². The molecule has 0 fully saturated rings. The summed E-state index contributed by atoms with van der Waals surface area (Å²) >= 11 is -0.441. The molecular weight excluding hydrogens is 718 g/mol. The SMILES string of the molecule is Cc1cc(C)c([I+]c2ccc(Oc3ccc(Oc4ccc([I+]c5c(C)cc(C)cc5C)cc4)cc3)cc2)c(C)c1. The third kappa shape index (κ3) is 7.26. The van der Waals surface area contributed by atoms with Crippen molar-refractivity contribution in [1.82, 2.24) is 0 Å². The molecule has 2 nitrogen and oxygen atoms in total. The third-order valence-electron chi connectivity index (χ3n) is 6.49. The zero-order chi connectivity index (χ0) is 28.2. The third-order valence-corrected chi connectivity index (χ3v) is 13.7. The van der Waals surface area contributed by atoms with Crippen molar-refractivity contribution >= 4 is 0 Å². The van der Waals surface area contributed by atoms with Gasteiger partial charge in [0.1, 0.15) is 23.0 Å². The van der Waals surface area contributed by atoms with Gasteiger partial charge < -0.3 is 9.47 Å². The summed E-state index contributed by atoms with van der Waals surface area (Å²) in [6.07, 6.45) is 0. The van der Waals surface area contributed by atoms with Gasteiger partial charge in [0.2, 0.25) is 0 Å². The molecule has 0 amide bonds.